The van der Waals surface area contributed by atoms with E-state index in [2.05, 4.69) is 5.32 Å². The van der Waals surface area contributed by atoms with Gasteiger partial charge in [-0.15, -0.1) is 0 Å². The summed E-state index contributed by atoms with van der Waals surface area (Å²) in [5.41, 5.74) is -0.154. The van der Waals surface area contributed by atoms with E-state index >= 15 is 0 Å². The average molecular weight is 457 g/mol. The molecule has 31 heavy (non-hydrogen) atoms. The second-order valence-electron chi connectivity index (χ2n) is 6.77. The number of rotatable bonds is 8. The zero-order chi connectivity index (χ0) is 23.3. The van der Waals surface area contributed by atoms with E-state index in [-0.39, 0.29) is 17.8 Å². The van der Waals surface area contributed by atoms with Crippen molar-refractivity contribution >= 4 is 27.5 Å². The lowest BCUT2D eigenvalue weighted by molar-refractivity contribution is -0.139. The van der Waals surface area contributed by atoms with E-state index in [1.165, 1.54) is 32.2 Å². The number of likely N-dealkylation sites (N-methyl/N-ethyl adjacent to an activating group) is 1. The van der Waals surface area contributed by atoms with Crippen molar-refractivity contribution in [2.75, 3.05) is 24.2 Å². The highest BCUT2D eigenvalue weighted by Crippen LogP contribution is 2.22. The molecule has 0 saturated heterocycles. The Morgan fingerprint density at radius 2 is 1.68 bits per heavy atom. The van der Waals surface area contributed by atoms with E-state index in [9.17, 15) is 31.2 Å². The average Bonchev–Trinajstić information content (AvgIpc) is 2.71. The van der Waals surface area contributed by atoms with Gasteiger partial charge in [0.15, 0.2) is 11.6 Å². The summed E-state index contributed by atoms with van der Waals surface area (Å²) in [7, 11) is -2.73. The summed E-state index contributed by atoms with van der Waals surface area (Å²) in [5, 5.41) is 2.38. The quantitative estimate of drug-likeness (QED) is 0.657. The van der Waals surface area contributed by atoms with Crippen LogP contribution in [0, 0.1) is 17.5 Å². The molecule has 0 aliphatic rings. The van der Waals surface area contributed by atoms with Crippen LogP contribution in [0.15, 0.2) is 42.5 Å². The van der Waals surface area contributed by atoms with Crippen molar-refractivity contribution < 1.29 is 31.2 Å². The molecule has 168 valence electrons. The number of amides is 2. The summed E-state index contributed by atoms with van der Waals surface area (Å²) >= 11 is 0. The number of carbonyl (C=O) groups is 2. The molecule has 1 atom stereocenters. The molecule has 0 aliphatic carbocycles. The Balaban J connectivity index is 2.42. The number of nitrogens with zero attached hydrogens (tertiary/aromatic N) is 2. The van der Waals surface area contributed by atoms with E-state index in [1.807, 2.05) is 0 Å². The number of hydrogen-bond donors (Lipinski definition) is 1. The number of sulfonamides is 1. The summed E-state index contributed by atoms with van der Waals surface area (Å²) < 4.78 is 66.2. The topological polar surface area (TPSA) is 86.8 Å². The molecule has 0 radical (unpaired) electrons. The standard InChI is InChI=1S/C20H22F3N3O4S/c1-13(20(28)24-2)25(11-14-6-4-5-7-16(14)21)19(27)12-26(31(3,29)30)15-8-9-17(22)18(23)10-15/h4-10,13H,11-12H2,1-3H3,(H,24,28)/t13-/m1/s1. The highest BCUT2D eigenvalue weighted by molar-refractivity contribution is 7.92. The molecule has 2 rings (SSSR count). The van der Waals surface area contributed by atoms with Crippen LogP contribution in [-0.4, -0.2) is 51.0 Å². The first-order valence-electron chi connectivity index (χ1n) is 9.13. The van der Waals surface area contributed by atoms with Crippen LogP contribution in [0.4, 0.5) is 18.9 Å². The summed E-state index contributed by atoms with van der Waals surface area (Å²) in [4.78, 5) is 26.2. The fraction of sp³-hybridized carbons (Fsp3) is 0.300. The first kappa shape index (κ1) is 24.2. The third kappa shape index (κ3) is 5.97. The van der Waals surface area contributed by atoms with E-state index in [4.69, 9.17) is 0 Å². The molecule has 0 fully saturated rings. The molecule has 0 unspecified atom stereocenters. The van der Waals surface area contributed by atoms with Crippen LogP contribution < -0.4 is 9.62 Å². The Morgan fingerprint density at radius 1 is 1.03 bits per heavy atom. The third-order valence-electron chi connectivity index (χ3n) is 4.58. The van der Waals surface area contributed by atoms with Gasteiger partial charge in [-0.05, 0) is 25.1 Å². The van der Waals surface area contributed by atoms with Gasteiger partial charge in [0.05, 0.1) is 11.9 Å². The zero-order valence-corrected chi connectivity index (χ0v) is 17.9. The van der Waals surface area contributed by atoms with Crippen molar-refractivity contribution in [3.05, 3.63) is 65.5 Å². The molecule has 11 heteroatoms. The maximum absolute atomic E-state index is 14.1. The molecular weight excluding hydrogens is 435 g/mol. The molecule has 7 nitrogen and oxygen atoms in total. The van der Waals surface area contributed by atoms with E-state index < -0.39 is 51.9 Å². The first-order chi connectivity index (χ1) is 14.5. The van der Waals surface area contributed by atoms with Gasteiger partial charge in [0.1, 0.15) is 18.4 Å². The molecule has 0 bridgehead atoms. The fourth-order valence-corrected chi connectivity index (χ4v) is 3.70. The van der Waals surface area contributed by atoms with Gasteiger partial charge in [0, 0.05) is 25.2 Å². The number of carbonyl (C=O) groups excluding carboxylic acids is 2. The molecule has 0 spiro atoms. The van der Waals surface area contributed by atoms with Gasteiger partial charge in [-0.3, -0.25) is 13.9 Å². The lowest BCUT2D eigenvalue weighted by atomic mass is 10.1. The van der Waals surface area contributed by atoms with Gasteiger partial charge in [-0.1, -0.05) is 18.2 Å². The largest absolute Gasteiger partial charge is 0.357 e. The molecule has 2 aromatic rings. The number of nitrogens with one attached hydrogen (secondary N) is 1. The molecule has 2 aromatic carbocycles. The van der Waals surface area contributed by atoms with E-state index in [0.717, 1.165) is 23.3 Å². The summed E-state index contributed by atoms with van der Waals surface area (Å²) in [6.07, 6.45) is 0.797. The van der Waals surface area contributed by atoms with Crippen molar-refractivity contribution in [3.63, 3.8) is 0 Å². The second kappa shape index (κ2) is 9.82. The number of benzene rings is 2. The highest BCUT2D eigenvalue weighted by atomic mass is 32.2. The fourth-order valence-electron chi connectivity index (χ4n) is 2.86. The van der Waals surface area contributed by atoms with Gasteiger partial charge < -0.3 is 10.2 Å². The first-order valence-corrected chi connectivity index (χ1v) is 11.0. The second-order valence-corrected chi connectivity index (χ2v) is 8.68. The maximum Gasteiger partial charge on any atom is 0.244 e. The van der Waals surface area contributed by atoms with E-state index in [0.29, 0.717) is 10.4 Å². The monoisotopic (exact) mass is 457 g/mol. The number of hydrogen-bond acceptors (Lipinski definition) is 4. The Morgan fingerprint density at radius 3 is 2.23 bits per heavy atom. The molecule has 0 heterocycles. The van der Waals surface area contributed by atoms with Gasteiger partial charge in [-0.2, -0.15) is 0 Å². The van der Waals surface area contributed by atoms with Gasteiger partial charge in [-0.25, -0.2) is 21.6 Å². The van der Waals surface area contributed by atoms with Crippen LogP contribution in [0.1, 0.15) is 12.5 Å². The smallest absolute Gasteiger partial charge is 0.244 e. The minimum atomic E-state index is -4.09. The predicted molar refractivity (Wildman–Crippen MR) is 109 cm³/mol. The molecule has 0 saturated carbocycles. The van der Waals surface area contributed by atoms with Crippen LogP contribution in [0.3, 0.4) is 0 Å². The van der Waals surface area contributed by atoms with Crippen molar-refractivity contribution in [1.29, 1.82) is 0 Å². The third-order valence-corrected chi connectivity index (χ3v) is 5.72. The van der Waals surface area contributed by atoms with Crippen molar-refractivity contribution in [2.45, 2.75) is 19.5 Å². The normalized spacial score (nSPS) is 12.2. The Kier molecular flexibility index (Phi) is 7.66. The Bertz CT molecular complexity index is 1080. The SMILES string of the molecule is CNC(=O)[C@@H](C)N(Cc1ccccc1F)C(=O)CN(c1ccc(F)c(F)c1)S(C)(=O)=O. The molecule has 1 N–H and O–H groups in total. The summed E-state index contributed by atoms with van der Waals surface area (Å²) in [6.45, 7) is 0.287. The van der Waals surface area contributed by atoms with Crippen LogP contribution in [0.5, 0.6) is 0 Å². The van der Waals surface area contributed by atoms with Gasteiger partial charge in [0.2, 0.25) is 21.8 Å². The maximum atomic E-state index is 14.1. The molecule has 0 aliphatic heterocycles. The Labute approximate surface area is 178 Å². The van der Waals surface area contributed by atoms with Crippen LogP contribution >= 0.6 is 0 Å². The van der Waals surface area contributed by atoms with Crippen molar-refractivity contribution in [3.8, 4) is 0 Å². The summed E-state index contributed by atoms with van der Waals surface area (Å²) in [6, 6.07) is 6.95. The lowest BCUT2D eigenvalue weighted by Crippen LogP contribution is -2.50. The van der Waals surface area contributed by atoms with Crippen LogP contribution in [0.2, 0.25) is 0 Å². The minimum absolute atomic E-state index is 0.116. The summed E-state index contributed by atoms with van der Waals surface area (Å²) in [5.74, 6) is -4.47. The van der Waals surface area contributed by atoms with Crippen molar-refractivity contribution in [2.24, 2.45) is 0 Å². The molecular formula is C20H22F3N3O4S. The molecule has 0 aromatic heterocycles. The van der Waals surface area contributed by atoms with Crippen LogP contribution in [-0.2, 0) is 26.2 Å². The predicted octanol–water partition coefficient (Wildman–Crippen LogP) is 2.03. The van der Waals surface area contributed by atoms with Gasteiger partial charge >= 0.3 is 0 Å². The number of anilines is 1. The van der Waals surface area contributed by atoms with Crippen LogP contribution in [0.25, 0.3) is 0 Å². The van der Waals surface area contributed by atoms with Gasteiger partial charge in [0.25, 0.3) is 0 Å². The highest BCUT2D eigenvalue weighted by Gasteiger charge is 2.30. The minimum Gasteiger partial charge on any atom is -0.357 e. The van der Waals surface area contributed by atoms with E-state index in [1.54, 1.807) is 6.07 Å². The molecule has 2 amide bonds. The van der Waals surface area contributed by atoms with Crippen molar-refractivity contribution in [1.82, 2.24) is 10.2 Å². The zero-order valence-electron chi connectivity index (χ0n) is 17.1. The Hall–Kier alpha value is -3.08. The lowest BCUT2D eigenvalue weighted by Gasteiger charge is -2.31. The number of halogens is 3.